The van der Waals surface area contributed by atoms with Gasteiger partial charge in [-0.2, -0.15) is 11.8 Å². The Morgan fingerprint density at radius 3 is 2.22 bits per heavy atom. The number of guanidine groups is 1. The molecule has 3 rings (SSSR count). The number of rotatable bonds is 18. The highest BCUT2D eigenvalue weighted by Crippen LogP contribution is 2.20. The zero-order chi connectivity index (χ0) is 33.6. The van der Waals surface area contributed by atoms with Gasteiger partial charge in [0, 0.05) is 30.1 Å². The molecule has 248 valence electrons. The summed E-state index contributed by atoms with van der Waals surface area (Å²) in [6.45, 7) is 0.191. The fourth-order valence-electron chi connectivity index (χ4n) is 4.80. The smallest absolute Gasteiger partial charge is 0.326 e. The number of aromatic nitrogens is 1. The van der Waals surface area contributed by atoms with E-state index < -0.39 is 47.9 Å². The zero-order valence-electron chi connectivity index (χ0n) is 25.6. The second kappa shape index (κ2) is 17.7. The van der Waals surface area contributed by atoms with Crippen LogP contribution in [0.25, 0.3) is 10.9 Å². The van der Waals surface area contributed by atoms with Crippen LogP contribution in [0.3, 0.4) is 0 Å². The topological polar surface area (TPSA) is 251 Å². The predicted molar refractivity (Wildman–Crippen MR) is 178 cm³/mol. The molecule has 46 heavy (non-hydrogen) atoms. The van der Waals surface area contributed by atoms with Gasteiger partial charge in [0.1, 0.15) is 23.9 Å². The average Bonchev–Trinajstić information content (AvgIpc) is 3.43. The van der Waals surface area contributed by atoms with Crippen molar-refractivity contribution in [2.75, 3.05) is 18.6 Å². The molecule has 0 aliphatic carbocycles. The highest BCUT2D eigenvalue weighted by atomic mass is 32.2. The van der Waals surface area contributed by atoms with Crippen LogP contribution in [0.5, 0.6) is 5.75 Å². The Labute approximate surface area is 271 Å². The maximum absolute atomic E-state index is 13.7. The fourth-order valence-corrected chi connectivity index (χ4v) is 5.27. The number of carboxylic acid groups (broad SMARTS) is 1. The molecule has 0 spiro atoms. The lowest BCUT2D eigenvalue weighted by Crippen LogP contribution is -2.57. The van der Waals surface area contributed by atoms with Crippen LogP contribution < -0.4 is 33.2 Å². The summed E-state index contributed by atoms with van der Waals surface area (Å²) in [7, 11) is 0. The monoisotopic (exact) mass is 654 g/mol. The molecule has 15 heteroatoms. The minimum absolute atomic E-state index is 0.0471. The normalized spacial score (nSPS) is 13.6. The van der Waals surface area contributed by atoms with Crippen LogP contribution in [0.1, 0.15) is 30.4 Å². The molecule has 0 fully saturated rings. The lowest BCUT2D eigenvalue weighted by Gasteiger charge is -2.25. The first kappa shape index (κ1) is 35.7. The van der Waals surface area contributed by atoms with E-state index >= 15 is 0 Å². The molecule has 0 saturated carbocycles. The van der Waals surface area contributed by atoms with Crippen LogP contribution >= 0.6 is 11.8 Å². The number of aromatic amines is 1. The summed E-state index contributed by atoms with van der Waals surface area (Å²) < 4.78 is 0. The molecule has 14 nitrogen and oxygen atoms in total. The van der Waals surface area contributed by atoms with Crippen LogP contribution in [-0.2, 0) is 32.0 Å². The number of phenolic OH excluding ortho intramolecular Hbond substituents is 1. The fraction of sp³-hybridized carbons (Fsp3) is 0.387. The molecule has 0 saturated heterocycles. The van der Waals surface area contributed by atoms with Gasteiger partial charge in [-0.25, -0.2) is 4.79 Å². The second-order valence-electron chi connectivity index (χ2n) is 10.8. The van der Waals surface area contributed by atoms with E-state index in [1.807, 2.05) is 30.5 Å². The molecule has 3 amide bonds. The third kappa shape index (κ3) is 11.0. The van der Waals surface area contributed by atoms with Crippen LogP contribution in [0.2, 0.25) is 0 Å². The number of benzene rings is 2. The van der Waals surface area contributed by atoms with Crippen molar-refractivity contribution >= 4 is 52.3 Å². The van der Waals surface area contributed by atoms with Gasteiger partial charge in [0.05, 0.1) is 6.04 Å². The quantitative estimate of drug-likeness (QED) is 0.0516. The number of H-pyrrole nitrogens is 1. The molecule has 3 aromatic rings. The summed E-state index contributed by atoms with van der Waals surface area (Å²) in [6.07, 6.45) is 4.39. The molecule has 1 heterocycles. The number of phenols is 1. The number of carbonyl (C=O) groups excluding carboxylic acids is 3. The van der Waals surface area contributed by atoms with E-state index in [4.69, 9.17) is 17.2 Å². The second-order valence-corrected chi connectivity index (χ2v) is 11.8. The Morgan fingerprint density at radius 1 is 0.891 bits per heavy atom. The highest BCUT2D eigenvalue weighted by Gasteiger charge is 2.31. The van der Waals surface area contributed by atoms with E-state index in [0.717, 1.165) is 16.5 Å². The first-order chi connectivity index (χ1) is 22.0. The maximum Gasteiger partial charge on any atom is 0.326 e. The molecule has 0 radical (unpaired) electrons. The molecule has 2 aromatic carbocycles. The third-order valence-corrected chi connectivity index (χ3v) is 7.91. The number of aromatic hydroxyl groups is 1. The number of aliphatic imine (C=N–C) groups is 1. The standard InChI is InChI=1S/C31H42N8O6S/c1-46-14-12-25(30(44)45)38-29(43)26(16-19-17-36-23-6-3-2-5-21(19)23)39-28(42)24(7-4-13-35-31(33)34)37-27(41)22(32)15-18-8-10-20(40)11-9-18/h2-3,5-6,8-11,17,22,24-26,36,40H,4,7,12-16,32H2,1H3,(H,37,41)(H,38,43)(H,39,42)(H,44,45)(H4,33,34,35). The molecule has 4 atom stereocenters. The SMILES string of the molecule is CSCCC(NC(=O)C(Cc1c[nH]c2ccccc12)NC(=O)C(CCCN=C(N)N)NC(=O)C(N)Cc1ccc(O)cc1)C(=O)O. The van der Waals surface area contributed by atoms with Gasteiger partial charge in [-0.15, -0.1) is 0 Å². The number of nitrogens with one attached hydrogen (secondary N) is 4. The molecular formula is C31H42N8O6S. The number of nitrogens with zero attached hydrogens (tertiary/aromatic N) is 1. The van der Waals surface area contributed by atoms with E-state index in [0.29, 0.717) is 17.7 Å². The summed E-state index contributed by atoms with van der Waals surface area (Å²) in [6, 6.07) is 9.23. The number of nitrogens with two attached hydrogens (primary N) is 3. The van der Waals surface area contributed by atoms with Crippen molar-refractivity contribution in [2.45, 2.75) is 56.3 Å². The van der Waals surface area contributed by atoms with Gasteiger partial charge in [0.2, 0.25) is 17.7 Å². The summed E-state index contributed by atoms with van der Waals surface area (Å²) in [5.74, 6) is -2.67. The molecular weight excluding hydrogens is 612 g/mol. The van der Waals surface area contributed by atoms with Gasteiger partial charge in [0.25, 0.3) is 0 Å². The van der Waals surface area contributed by atoms with Crippen LogP contribution in [0.4, 0.5) is 0 Å². The maximum atomic E-state index is 13.7. The average molecular weight is 655 g/mol. The number of para-hydroxylation sites is 1. The molecule has 0 aliphatic rings. The number of thioether (sulfide) groups is 1. The predicted octanol–water partition coefficient (Wildman–Crippen LogP) is 0.332. The van der Waals surface area contributed by atoms with Gasteiger partial charge in [0.15, 0.2) is 5.96 Å². The Balaban J connectivity index is 1.83. The van der Waals surface area contributed by atoms with Crippen molar-refractivity contribution in [3.63, 3.8) is 0 Å². The van der Waals surface area contributed by atoms with Gasteiger partial charge in [-0.1, -0.05) is 30.3 Å². The van der Waals surface area contributed by atoms with Crippen LogP contribution in [0.15, 0.2) is 59.7 Å². The van der Waals surface area contributed by atoms with E-state index in [-0.39, 0.29) is 43.9 Å². The summed E-state index contributed by atoms with van der Waals surface area (Å²) in [5.41, 5.74) is 19.3. The van der Waals surface area contributed by atoms with Crippen molar-refractivity contribution < 1.29 is 29.4 Å². The van der Waals surface area contributed by atoms with Crippen molar-refractivity contribution in [3.8, 4) is 5.75 Å². The Hall–Kier alpha value is -4.76. The first-order valence-corrected chi connectivity index (χ1v) is 16.1. The van der Waals surface area contributed by atoms with Crippen molar-refractivity contribution in [1.29, 1.82) is 0 Å². The molecule has 1 aromatic heterocycles. The number of amides is 3. The van der Waals surface area contributed by atoms with E-state index in [9.17, 15) is 29.4 Å². The van der Waals surface area contributed by atoms with E-state index in [2.05, 4.69) is 25.9 Å². The summed E-state index contributed by atoms with van der Waals surface area (Å²) >= 11 is 1.45. The Bertz CT molecular complexity index is 1510. The third-order valence-electron chi connectivity index (χ3n) is 7.26. The number of carbonyl (C=O) groups is 4. The number of hydrogen-bond donors (Lipinski definition) is 9. The molecule has 0 bridgehead atoms. The Morgan fingerprint density at radius 2 is 1.54 bits per heavy atom. The van der Waals surface area contributed by atoms with E-state index in [1.54, 1.807) is 18.3 Å². The largest absolute Gasteiger partial charge is 0.508 e. The number of fused-ring (bicyclic) bond motifs is 1. The lowest BCUT2D eigenvalue weighted by atomic mass is 10.0. The highest BCUT2D eigenvalue weighted by molar-refractivity contribution is 7.98. The van der Waals surface area contributed by atoms with Crippen molar-refractivity contribution in [3.05, 3.63) is 65.9 Å². The number of aliphatic carboxylic acids is 1. The van der Waals surface area contributed by atoms with Gasteiger partial charge < -0.3 is 48.3 Å². The van der Waals surface area contributed by atoms with E-state index in [1.165, 1.54) is 23.9 Å². The van der Waals surface area contributed by atoms with Crippen molar-refractivity contribution in [2.24, 2.45) is 22.2 Å². The minimum atomic E-state index is -1.19. The Kier molecular flexibility index (Phi) is 13.7. The van der Waals surface area contributed by atoms with Crippen LogP contribution in [0, 0.1) is 0 Å². The lowest BCUT2D eigenvalue weighted by molar-refractivity contribution is -0.142. The molecule has 0 aliphatic heterocycles. The summed E-state index contributed by atoms with van der Waals surface area (Å²) in [5, 5.41) is 28.1. The summed E-state index contributed by atoms with van der Waals surface area (Å²) in [4.78, 5) is 59.4. The minimum Gasteiger partial charge on any atom is -0.508 e. The van der Waals surface area contributed by atoms with Gasteiger partial charge in [-0.05, 0) is 67.0 Å². The number of carboxylic acids is 1. The first-order valence-electron chi connectivity index (χ1n) is 14.7. The molecule has 4 unspecified atom stereocenters. The number of hydrogen-bond acceptors (Lipinski definition) is 8. The van der Waals surface area contributed by atoms with Crippen molar-refractivity contribution in [1.82, 2.24) is 20.9 Å². The van der Waals surface area contributed by atoms with Gasteiger partial charge in [-0.3, -0.25) is 19.4 Å². The van der Waals surface area contributed by atoms with Gasteiger partial charge >= 0.3 is 5.97 Å². The molecule has 12 N–H and O–H groups in total. The zero-order valence-corrected chi connectivity index (χ0v) is 26.4. The van der Waals surface area contributed by atoms with Crippen LogP contribution in [-0.4, -0.2) is 87.6 Å².